The van der Waals surface area contributed by atoms with Gasteiger partial charge in [-0.3, -0.25) is 4.79 Å². The highest BCUT2D eigenvalue weighted by molar-refractivity contribution is 6.32. The van der Waals surface area contributed by atoms with Crippen molar-refractivity contribution in [3.05, 3.63) is 28.3 Å². The van der Waals surface area contributed by atoms with Gasteiger partial charge in [-0.15, -0.1) is 0 Å². The Kier molecular flexibility index (Phi) is 3.78. The molecule has 1 aromatic carbocycles. The molecule has 0 bridgehead atoms. The van der Waals surface area contributed by atoms with Gasteiger partial charge < -0.3 is 15.7 Å². The molecule has 0 aliphatic carbocycles. The lowest BCUT2D eigenvalue weighted by Crippen LogP contribution is -2.23. The normalized spacial score (nSPS) is 16.9. The molecule has 98 valence electrons. The maximum absolute atomic E-state index is 10.9. The van der Waals surface area contributed by atoms with E-state index in [0.717, 1.165) is 24.3 Å². The van der Waals surface area contributed by atoms with Crippen molar-refractivity contribution in [2.24, 2.45) is 5.73 Å². The minimum atomic E-state index is -1.07. The fourth-order valence-electron chi connectivity index (χ4n) is 2.37. The average Bonchev–Trinajstić information content (AvgIpc) is 2.85. The number of nitrogens with two attached hydrogens (primary N) is 1. The first kappa shape index (κ1) is 13.2. The summed E-state index contributed by atoms with van der Waals surface area (Å²) in [7, 11) is 0. The maximum atomic E-state index is 10.9. The standard InChI is InChI=1S/C13H17ClN2O2/c1-8-10(16-6-2-3-7-16)5-4-9(11(8)14)12(15)13(17)18/h4-5,12H,2-3,6-7,15H2,1H3,(H,17,18)/t12-/m0/s1. The largest absolute Gasteiger partial charge is 0.480 e. The summed E-state index contributed by atoms with van der Waals surface area (Å²) in [6.07, 6.45) is 2.38. The van der Waals surface area contributed by atoms with Crippen molar-refractivity contribution in [2.45, 2.75) is 25.8 Å². The first-order valence-corrected chi connectivity index (χ1v) is 6.42. The number of benzene rings is 1. The zero-order chi connectivity index (χ0) is 13.3. The summed E-state index contributed by atoms with van der Waals surface area (Å²) in [5, 5.41) is 9.40. The topological polar surface area (TPSA) is 66.6 Å². The SMILES string of the molecule is Cc1c(N2CCCC2)ccc([C@H](N)C(=O)O)c1Cl. The van der Waals surface area contributed by atoms with Crippen LogP contribution in [0, 0.1) is 6.92 Å². The van der Waals surface area contributed by atoms with Crippen molar-refractivity contribution in [3.8, 4) is 0 Å². The van der Waals surface area contributed by atoms with Crippen LogP contribution in [0.25, 0.3) is 0 Å². The van der Waals surface area contributed by atoms with Gasteiger partial charge in [0.05, 0.1) is 5.02 Å². The van der Waals surface area contributed by atoms with Gasteiger partial charge in [0.15, 0.2) is 0 Å². The molecule has 0 spiro atoms. The molecule has 1 aliphatic heterocycles. The molecule has 0 unspecified atom stereocenters. The third-order valence-corrected chi connectivity index (χ3v) is 3.94. The van der Waals surface area contributed by atoms with E-state index in [1.807, 2.05) is 13.0 Å². The van der Waals surface area contributed by atoms with Crippen LogP contribution in [-0.2, 0) is 4.79 Å². The minimum absolute atomic E-state index is 0.467. The maximum Gasteiger partial charge on any atom is 0.325 e. The van der Waals surface area contributed by atoms with Gasteiger partial charge in [0.1, 0.15) is 6.04 Å². The van der Waals surface area contributed by atoms with Gasteiger partial charge in [0.25, 0.3) is 0 Å². The second-order valence-electron chi connectivity index (χ2n) is 4.62. The van der Waals surface area contributed by atoms with Gasteiger partial charge in [0, 0.05) is 18.8 Å². The molecule has 18 heavy (non-hydrogen) atoms. The predicted octanol–water partition coefficient (Wildman–Crippen LogP) is 2.33. The lowest BCUT2D eigenvalue weighted by atomic mass is 10.0. The molecule has 0 saturated carbocycles. The highest BCUT2D eigenvalue weighted by Gasteiger charge is 2.22. The van der Waals surface area contributed by atoms with Gasteiger partial charge in [-0.2, -0.15) is 0 Å². The summed E-state index contributed by atoms with van der Waals surface area (Å²) < 4.78 is 0. The Morgan fingerprint density at radius 2 is 2.06 bits per heavy atom. The van der Waals surface area contributed by atoms with Crippen molar-refractivity contribution in [1.29, 1.82) is 0 Å². The van der Waals surface area contributed by atoms with Crippen LogP contribution in [-0.4, -0.2) is 24.2 Å². The predicted molar refractivity (Wildman–Crippen MR) is 72.2 cm³/mol. The lowest BCUT2D eigenvalue weighted by Gasteiger charge is -2.22. The van der Waals surface area contributed by atoms with Gasteiger partial charge in [0.2, 0.25) is 0 Å². The van der Waals surface area contributed by atoms with E-state index < -0.39 is 12.0 Å². The Bertz CT molecular complexity index is 470. The first-order chi connectivity index (χ1) is 8.52. The number of anilines is 1. The van der Waals surface area contributed by atoms with E-state index in [0.29, 0.717) is 10.6 Å². The smallest absolute Gasteiger partial charge is 0.325 e. The van der Waals surface area contributed by atoms with Crippen molar-refractivity contribution in [3.63, 3.8) is 0 Å². The molecule has 1 heterocycles. The number of aliphatic carboxylic acids is 1. The van der Waals surface area contributed by atoms with Gasteiger partial charge >= 0.3 is 5.97 Å². The molecule has 1 fully saturated rings. The minimum Gasteiger partial charge on any atom is -0.480 e. The third kappa shape index (κ3) is 2.31. The van der Waals surface area contributed by atoms with E-state index in [-0.39, 0.29) is 0 Å². The number of carbonyl (C=O) groups is 1. The number of halogens is 1. The van der Waals surface area contributed by atoms with Gasteiger partial charge in [-0.25, -0.2) is 0 Å². The summed E-state index contributed by atoms with van der Waals surface area (Å²) in [5.74, 6) is -1.06. The van der Waals surface area contributed by atoms with Crippen LogP contribution >= 0.6 is 11.6 Å². The monoisotopic (exact) mass is 268 g/mol. The number of rotatable bonds is 3. The van der Waals surface area contributed by atoms with Crippen LogP contribution in [0.5, 0.6) is 0 Å². The number of hydrogen-bond acceptors (Lipinski definition) is 3. The fraction of sp³-hybridized carbons (Fsp3) is 0.462. The molecule has 1 atom stereocenters. The molecule has 1 aromatic rings. The van der Waals surface area contributed by atoms with Crippen LogP contribution in [0.2, 0.25) is 5.02 Å². The summed E-state index contributed by atoms with van der Waals surface area (Å²) in [6.45, 7) is 3.97. The van der Waals surface area contributed by atoms with Crippen molar-refractivity contribution in [1.82, 2.24) is 0 Å². The van der Waals surface area contributed by atoms with E-state index in [4.69, 9.17) is 22.4 Å². The molecule has 0 aromatic heterocycles. The number of hydrogen-bond donors (Lipinski definition) is 2. The first-order valence-electron chi connectivity index (χ1n) is 6.04. The quantitative estimate of drug-likeness (QED) is 0.883. The number of carboxylic acids is 1. The zero-order valence-corrected chi connectivity index (χ0v) is 11.1. The van der Waals surface area contributed by atoms with Crippen LogP contribution in [0.1, 0.15) is 30.0 Å². The molecule has 5 heteroatoms. The highest BCUT2D eigenvalue weighted by Crippen LogP contribution is 2.33. The number of carboxylic acid groups (broad SMARTS) is 1. The Morgan fingerprint density at radius 3 is 2.61 bits per heavy atom. The van der Waals surface area contributed by atoms with Crippen LogP contribution in [0.3, 0.4) is 0 Å². The van der Waals surface area contributed by atoms with Crippen LogP contribution in [0.4, 0.5) is 5.69 Å². The Balaban J connectivity index is 2.37. The third-order valence-electron chi connectivity index (χ3n) is 3.44. The zero-order valence-electron chi connectivity index (χ0n) is 10.3. The van der Waals surface area contributed by atoms with Gasteiger partial charge in [-0.05, 0) is 37.0 Å². The van der Waals surface area contributed by atoms with Crippen molar-refractivity contribution in [2.75, 3.05) is 18.0 Å². The van der Waals surface area contributed by atoms with E-state index in [2.05, 4.69) is 4.90 Å². The lowest BCUT2D eigenvalue weighted by molar-refractivity contribution is -0.138. The Labute approximate surface area is 111 Å². The second-order valence-corrected chi connectivity index (χ2v) is 5.00. The van der Waals surface area contributed by atoms with E-state index in [1.54, 1.807) is 6.07 Å². The van der Waals surface area contributed by atoms with Crippen molar-refractivity contribution < 1.29 is 9.90 Å². The fourth-order valence-corrected chi connectivity index (χ4v) is 2.65. The van der Waals surface area contributed by atoms with Crippen molar-refractivity contribution >= 4 is 23.3 Å². The summed E-state index contributed by atoms with van der Waals surface area (Å²) in [5.41, 5.74) is 8.08. The Hall–Kier alpha value is -1.26. The van der Waals surface area contributed by atoms with E-state index >= 15 is 0 Å². The molecule has 2 rings (SSSR count). The molecule has 0 amide bonds. The van der Waals surface area contributed by atoms with Crippen LogP contribution in [0.15, 0.2) is 12.1 Å². The average molecular weight is 269 g/mol. The van der Waals surface area contributed by atoms with Gasteiger partial charge in [-0.1, -0.05) is 17.7 Å². The second kappa shape index (κ2) is 5.16. The van der Waals surface area contributed by atoms with E-state index in [1.165, 1.54) is 12.8 Å². The highest BCUT2D eigenvalue weighted by atomic mass is 35.5. The summed E-state index contributed by atoms with van der Waals surface area (Å²) in [6, 6.07) is 2.58. The molecular formula is C13H17ClN2O2. The summed E-state index contributed by atoms with van der Waals surface area (Å²) >= 11 is 6.25. The molecule has 1 saturated heterocycles. The molecule has 1 aliphatic rings. The van der Waals surface area contributed by atoms with Crippen LogP contribution < -0.4 is 10.6 Å². The summed E-state index contributed by atoms with van der Waals surface area (Å²) in [4.78, 5) is 13.2. The number of nitrogens with zero attached hydrogens (tertiary/aromatic N) is 1. The molecule has 0 radical (unpaired) electrons. The molecule has 3 N–H and O–H groups in total. The molecular weight excluding hydrogens is 252 g/mol. The van der Waals surface area contributed by atoms with E-state index in [9.17, 15) is 4.79 Å². The Morgan fingerprint density at radius 1 is 1.44 bits per heavy atom. The molecule has 4 nitrogen and oxygen atoms in total.